The summed E-state index contributed by atoms with van der Waals surface area (Å²) in [5.74, 6) is 0.744. The molecule has 0 fully saturated rings. The highest BCUT2D eigenvalue weighted by atomic mass is 35.5. The minimum atomic E-state index is -1.03. The number of benzene rings is 1. The van der Waals surface area contributed by atoms with Crippen molar-refractivity contribution in [3.8, 4) is 0 Å². The Morgan fingerprint density at radius 2 is 2.28 bits per heavy atom. The molecule has 1 aromatic carbocycles. The van der Waals surface area contributed by atoms with E-state index in [0.29, 0.717) is 11.6 Å². The maximum atomic E-state index is 10.5. The molecule has 5 heteroatoms. The van der Waals surface area contributed by atoms with Gasteiger partial charge in [-0.1, -0.05) is 29.8 Å². The van der Waals surface area contributed by atoms with Gasteiger partial charge in [-0.05, 0) is 19.4 Å². The van der Waals surface area contributed by atoms with E-state index in [1.54, 1.807) is 13.0 Å². The van der Waals surface area contributed by atoms with Crippen LogP contribution in [0.25, 0.3) is 0 Å². The van der Waals surface area contributed by atoms with Crippen LogP contribution < -0.4 is 10.6 Å². The predicted molar refractivity (Wildman–Crippen MR) is 73.9 cm³/mol. The van der Waals surface area contributed by atoms with Crippen LogP contribution >= 0.6 is 11.6 Å². The monoisotopic (exact) mass is 267 g/mol. The smallest absolute Gasteiger partial charge is 0.191 e. The first kappa shape index (κ1) is 13.2. The van der Waals surface area contributed by atoms with Crippen molar-refractivity contribution in [1.29, 1.82) is 0 Å². The van der Waals surface area contributed by atoms with E-state index >= 15 is 0 Å². The fourth-order valence-electron chi connectivity index (χ4n) is 1.90. The molecule has 0 saturated carbocycles. The van der Waals surface area contributed by atoms with Crippen molar-refractivity contribution in [1.82, 2.24) is 10.6 Å². The third kappa shape index (κ3) is 3.15. The van der Waals surface area contributed by atoms with Gasteiger partial charge in [0.15, 0.2) is 5.96 Å². The van der Waals surface area contributed by atoms with E-state index in [1.165, 1.54) is 0 Å². The lowest BCUT2D eigenvalue weighted by Gasteiger charge is -2.27. The van der Waals surface area contributed by atoms with E-state index in [1.807, 2.05) is 18.2 Å². The summed E-state index contributed by atoms with van der Waals surface area (Å²) in [5, 5.41) is 17.3. The molecule has 98 valence electrons. The molecule has 1 heterocycles. The average Bonchev–Trinajstić information content (AvgIpc) is 2.38. The first-order valence-corrected chi connectivity index (χ1v) is 6.47. The Labute approximate surface area is 112 Å². The molecule has 1 aliphatic heterocycles. The molecule has 0 aliphatic carbocycles. The topological polar surface area (TPSA) is 56.6 Å². The highest BCUT2D eigenvalue weighted by molar-refractivity contribution is 6.31. The number of guanidine groups is 1. The molecule has 0 spiro atoms. The van der Waals surface area contributed by atoms with Crippen LogP contribution in [0, 0.1) is 0 Å². The largest absolute Gasteiger partial charge is 0.384 e. The van der Waals surface area contributed by atoms with Gasteiger partial charge in [0.05, 0.1) is 6.54 Å². The number of aliphatic hydroxyl groups is 1. The molecule has 0 radical (unpaired) electrons. The van der Waals surface area contributed by atoms with Crippen LogP contribution in [-0.4, -0.2) is 30.7 Å². The van der Waals surface area contributed by atoms with Gasteiger partial charge in [0.25, 0.3) is 0 Å². The van der Waals surface area contributed by atoms with Crippen molar-refractivity contribution in [2.45, 2.75) is 18.9 Å². The van der Waals surface area contributed by atoms with Gasteiger partial charge in [0.2, 0.25) is 0 Å². The zero-order valence-corrected chi connectivity index (χ0v) is 11.2. The lowest BCUT2D eigenvalue weighted by Crippen LogP contribution is -2.46. The van der Waals surface area contributed by atoms with E-state index < -0.39 is 5.60 Å². The fourth-order valence-corrected chi connectivity index (χ4v) is 2.24. The van der Waals surface area contributed by atoms with Crippen molar-refractivity contribution >= 4 is 17.6 Å². The van der Waals surface area contributed by atoms with Crippen LogP contribution in [0.4, 0.5) is 0 Å². The van der Waals surface area contributed by atoms with Gasteiger partial charge in [-0.15, -0.1) is 0 Å². The summed E-state index contributed by atoms with van der Waals surface area (Å²) in [7, 11) is 0. The molecule has 1 aliphatic rings. The van der Waals surface area contributed by atoms with Gasteiger partial charge >= 0.3 is 0 Å². The van der Waals surface area contributed by atoms with Crippen molar-refractivity contribution in [3.63, 3.8) is 0 Å². The summed E-state index contributed by atoms with van der Waals surface area (Å²) in [6, 6.07) is 7.33. The number of nitrogens with zero attached hydrogens (tertiary/aromatic N) is 1. The molecule has 1 atom stereocenters. The number of hydrogen-bond acceptors (Lipinski definition) is 4. The Hall–Kier alpha value is -1.26. The molecule has 4 nitrogen and oxygen atoms in total. The Kier molecular flexibility index (Phi) is 4.09. The van der Waals surface area contributed by atoms with Gasteiger partial charge in [0, 0.05) is 23.7 Å². The van der Waals surface area contributed by atoms with Gasteiger partial charge in [0.1, 0.15) is 5.60 Å². The first-order valence-electron chi connectivity index (χ1n) is 6.09. The SMILES string of the molecule is CC(O)(CNC1=NCCCN1)c1ccccc1Cl. The lowest BCUT2D eigenvalue weighted by molar-refractivity contribution is 0.0617. The first-order chi connectivity index (χ1) is 8.59. The number of nitrogens with one attached hydrogen (secondary N) is 2. The van der Waals surface area contributed by atoms with Crippen LogP contribution in [0.5, 0.6) is 0 Å². The predicted octanol–water partition coefficient (Wildman–Crippen LogP) is 1.49. The van der Waals surface area contributed by atoms with Crippen molar-refractivity contribution in [2.75, 3.05) is 19.6 Å². The fraction of sp³-hybridized carbons (Fsp3) is 0.462. The van der Waals surface area contributed by atoms with Crippen LogP contribution in [0.15, 0.2) is 29.3 Å². The molecule has 1 aromatic rings. The maximum absolute atomic E-state index is 10.5. The van der Waals surface area contributed by atoms with Crippen LogP contribution in [0.1, 0.15) is 18.9 Å². The summed E-state index contributed by atoms with van der Waals surface area (Å²) in [5.41, 5.74) is -0.310. The molecule has 0 amide bonds. The number of rotatable bonds is 3. The van der Waals surface area contributed by atoms with E-state index in [-0.39, 0.29) is 0 Å². The van der Waals surface area contributed by atoms with E-state index in [4.69, 9.17) is 11.6 Å². The summed E-state index contributed by atoms with van der Waals surface area (Å²) in [4.78, 5) is 4.30. The van der Waals surface area contributed by atoms with Gasteiger partial charge in [-0.25, -0.2) is 0 Å². The number of aliphatic imine (C=N–C) groups is 1. The van der Waals surface area contributed by atoms with E-state index in [0.717, 1.165) is 31.0 Å². The summed E-state index contributed by atoms with van der Waals surface area (Å²) in [6.07, 6.45) is 1.05. The summed E-state index contributed by atoms with van der Waals surface area (Å²) in [6.45, 7) is 3.84. The van der Waals surface area contributed by atoms with Gasteiger partial charge in [-0.2, -0.15) is 0 Å². The second-order valence-corrected chi connectivity index (χ2v) is 5.03. The third-order valence-corrected chi connectivity index (χ3v) is 3.28. The summed E-state index contributed by atoms with van der Waals surface area (Å²) >= 11 is 6.10. The van der Waals surface area contributed by atoms with E-state index in [2.05, 4.69) is 15.6 Å². The molecule has 0 bridgehead atoms. The van der Waals surface area contributed by atoms with E-state index in [9.17, 15) is 5.11 Å². The molecule has 2 rings (SSSR count). The van der Waals surface area contributed by atoms with Crippen molar-refractivity contribution in [3.05, 3.63) is 34.9 Å². The molecular weight excluding hydrogens is 250 g/mol. The van der Waals surface area contributed by atoms with Crippen LogP contribution in [-0.2, 0) is 5.60 Å². The Bertz CT molecular complexity index is 446. The molecule has 18 heavy (non-hydrogen) atoms. The average molecular weight is 268 g/mol. The second kappa shape index (κ2) is 5.59. The number of hydrogen-bond donors (Lipinski definition) is 3. The van der Waals surface area contributed by atoms with Crippen molar-refractivity contribution in [2.24, 2.45) is 4.99 Å². The zero-order chi connectivity index (χ0) is 13.0. The van der Waals surface area contributed by atoms with Crippen molar-refractivity contribution < 1.29 is 5.11 Å². The summed E-state index contributed by atoms with van der Waals surface area (Å²) < 4.78 is 0. The second-order valence-electron chi connectivity index (χ2n) is 4.62. The Morgan fingerprint density at radius 3 is 2.94 bits per heavy atom. The molecular formula is C13H18ClN3O. The Balaban J connectivity index is 2.03. The minimum Gasteiger partial charge on any atom is -0.384 e. The highest BCUT2D eigenvalue weighted by Gasteiger charge is 2.25. The van der Waals surface area contributed by atoms with Crippen LogP contribution in [0.2, 0.25) is 5.02 Å². The highest BCUT2D eigenvalue weighted by Crippen LogP contribution is 2.27. The zero-order valence-electron chi connectivity index (χ0n) is 10.4. The van der Waals surface area contributed by atoms with Gasteiger partial charge < -0.3 is 15.7 Å². The lowest BCUT2D eigenvalue weighted by atomic mass is 9.96. The minimum absolute atomic E-state index is 0.364. The quantitative estimate of drug-likeness (QED) is 0.778. The molecule has 0 aromatic heterocycles. The molecule has 0 saturated heterocycles. The molecule has 3 N–H and O–H groups in total. The number of halogens is 1. The Morgan fingerprint density at radius 1 is 1.50 bits per heavy atom. The van der Waals surface area contributed by atoms with Gasteiger partial charge in [-0.3, -0.25) is 4.99 Å². The molecule has 1 unspecified atom stereocenters. The normalized spacial score (nSPS) is 18.5. The standard InChI is InChI=1S/C13H18ClN3O/c1-13(18,10-5-2-3-6-11(10)14)9-17-12-15-7-4-8-16-12/h2-3,5-6,18H,4,7-9H2,1H3,(H2,15,16,17). The maximum Gasteiger partial charge on any atom is 0.191 e. The van der Waals surface area contributed by atoms with Crippen LogP contribution in [0.3, 0.4) is 0 Å². The third-order valence-electron chi connectivity index (χ3n) is 2.95.